The molecule has 1 fully saturated rings. The van der Waals surface area contributed by atoms with E-state index in [-0.39, 0.29) is 5.75 Å². The summed E-state index contributed by atoms with van der Waals surface area (Å²) in [5.41, 5.74) is 0. The summed E-state index contributed by atoms with van der Waals surface area (Å²) < 4.78 is 26.4. The Morgan fingerprint density at radius 3 is 2.79 bits per heavy atom. The maximum atomic E-state index is 10.6. The Kier molecular flexibility index (Phi) is 4.92. The highest BCUT2D eigenvalue weighted by Gasteiger charge is 2.11. The van der Waals surface area contributed by atoms with Gasteiger partial charge in [0.2, 0.25) is 9.05 Å². The minimum Gasteiger partial charge on any atom is -0.381 e. The van der Waals surface area contributed by atoms with Crippen molar-refractivity contribution in [3.8, 4) is 0 Å². The third-order valence-electron chi connectivity index (χ3n) is 2.19. The molecule has 1 aliphatic heterocycles. The van der Waals surface area contributed by atoms with Crippen molar-refractivity contribution in [1.82, 2.24) is 0 Å². The van der Waals surface area contributed by atoms with E-state index in [9.17, 15) is 8.42 Å². The zero-order chi connectivity index (χ0) is 10.4. The average molecular weight is 239 g/mol. The van der Waals surface area contributed by atoms with Gasteiger partial charge < -0.3 is 4.74 Å². The van der Waals surface area contributed by atoms with Gasteiger partial charge in [0.1, 0.15) is 0 Å². The van der Waals surface area contributed by atoms with Gasteiger partial charge in [-0.3, -0.25) is 0 Å². The van der Waals surface area contributed by atoms with E-state index in [0.717, 1.165) is 32.5 Å². The minimum absolute atomic E-state index is 0.0812. The van der Waals surface area contributed by atoms with Crippen LogP contribution < -0.4 is 0 Å². The van der Waals surface area contributed by atoms with Crippen molar-refractivity contribution >= 4 is 19.7 Å². The van der Waals surface area contributed by atoms with Gasteiger partial charge in [-0.05, 0) is 25.2 Å². The molecule has 0 aromatic carbocycles. The second-order valence-electron chi connectivity index (χ2n) is 3.50. The first-order chi connectivity index (χ1) is 6.58. The lowest BCUT2D eigenvalue weighted by Gasteiger charge is -2.20. The summed E-state index contributed by atoms with van der Waals surface area (Å²) in [6, 6.07) is 0. The third kappa shape index (κ3) is 5.62. The van der Waals surface area contributed by atoms with E-state index >= 15 is 0 Å². The largest absolute Gasteiger partial charge is 0.381 e. The van der Waals surface area contributed by atoms with Gasteiger partial charge in [-0.15, -0.1) is 0 Å². The molecule has 0 aliphatic carbocycles. The van der Waals surface area contributed by atoms with Gasteiger partial charge >= 0.3 is 0 Å². The van der Waals surface area contributed by atoms with E-state index in [0.29, 0.717) is 5.92 Å². The summed E-state index contributed by atoms with van der Waals surface area (Å²) in [5, 5.41) is 0. The van der Waals surface area contributed by atoms with Crippen molar-refractivity contribution in [3.63, 3.8) is 0 Å². The van der Waals surface area contributed by atoms with Crippen molar-refractivity contribution in [2.24, 2.45) is 5.92 Å². The summed E-state index contributed by atoms with van der Waals surface area (Å²) in [6.45, 7) is 1.65. The number of ether oxygens (including phenoxy) is 1. The van der Waals surface area contributed by atoms with Crippen molar-refractivity contribution in [1.29, 1.82) is 0 Å². The first kappa shape index (κ1) is 12.0. The smallest absolute Gasteiger partial charge is 0.236 e. The average Bonchev–Trinajstić information content (AvgIpc) is 2.13. The lowest BCUT2D eigenvalue weighted by Crippen LogP contribution is -2.16. The molecule has 0 aromatic rings. The molecule has 0 saturated carbocycles. The molecule has 1 atom stereocenters. The van der Waals surface area contributed by atoms with Crippen LogP contribution in [0.1, 0.15) is 19.3 Å². The molecule has 0 aromatic heterocycles. The Balaban J connectivity index is 2.19. The number of allylic oxidation sites excluding steroid dienone is 1. The lowest BCUT2D eigenvalue weighted by atomic mass is 9.99. The molecule has 0 bridgehead atoms. The van der Waals surface area contributed by atoms with Gasteiger partial charge in [-0.1, -0.05) is 12.2 Å². The summed E-state index contributed by atoms with van der Waals surface area (Å²) in [6.07, 6.45) is 6.63. The van der Waals surface area contributed by atoms with E-state index in [4.69, 9.17) is 15.4 Å². The number of hydrogen-bond donors (Lipinski definition) is 0. The third-order valence-corrected chi connectivity index (χ3v) is 3.15. The molecule has 1 heterocycles. The SMILES string of the molecule is O=S(=O)(Cl)C/C=C\CC1CCCOC1. The van der Waals surface area contributed by atoms with Gasteiger partial charge in [-0.2, -0.15) is 0 Å². The van der Waals surface area contributed by atoms with Crippen molar-refractivity contribution in [2.75, 3.05) is 19.0 Å². The molecule has 0 N–H and O–H groups in total. The molecule has 82 valence electrons. The van der Waals surface area contributed by atoms with Crippen molar-refractivity contribution in [3.05, 3.63) is 12.2 Å². The Morgan fingerprint density at radius 1 is 1.43 bits per heavy atom. The lowest BCUT2D eigenvalue weighted by molar-refractivity contribution is 0.0560. The van der Waals surface area contributed by atoms with Crippen LogP contribution >= 0.6 is 10.7 Å². The summed E-state index contributed by atoms with van der Waals surface area (Å²) in [4.78, 5) is 0. The van der Waals surface area contributed by atoms with Gasteiger partial charge in [0, 0.05) is 23.9 Å². The van der Waals surface area contributed by atoms with Gasteiger partial charge in [0.05, 0.1) is 5.75 Å². The molecule has 0 amide bonds. The van der Waals surface area contributed by atoms with Crippen LogP contribution in [0.4, 0.5) is 0 Å². The Hall–Kier alpha value is -0.0600. The molecule has 0 spiro atoms. The maximum absolute atomic E-state index is 10.6. The van der Waals surface area contributed by atoms with Crippen LogP contribution in [0.15, 0.2) is 12.2 Å². The second kappa shape index (κ2) is 5.73. The first-order valence-electron chi connectivity index (χ1n) is 4.73. The predicted octanol–water partition coefficient (Wildman–Crippen LogP) is 1.93. The Bertz CT molecular complexity index is 278. The quantitative estimate of drug-likeness (QED) is 0.555. The van der Waals surface area contributed by atoms with E-state index in [1.807, 2.05) is 6.08 Å². The first-order valence-corrected chi connectivity index (χ1v) is 7.21. The fourth-order valence-corrected chi connectivity index (χ4v) is 2.05. The number of hydrogen-bond acceptors (Lipinski definition) is 3. The highest BCUT2D eigenvalue weighted by atomic mass is 35.7. The molecular formula is C9H15ClO3S. The maximum Gasteiger partial charge on any atom is 0.236 e. The van der Waals surface area contributed by atoms with Crippen LogP contribution in [0.25, 0.3) is 0 Å². The zero-order valence-electron chi connectivity index (χ0n) is 7.99. The van der Waals surface area contributed by atoms with E-state index in [1.165, 1.54) is 0 Å². The fraction of sp³-hybridized carbons (Fsp3) is 0.778. The van der Waals surface area contributed by atoms with Gasteiger partial charge in [-0.25, -0.2) is 8.42 Å². The topological polar surface area (TPSA) is 43.4 Å². The second-order valence-corrected chi connectivity index (χ2v) is 6.32. The summed E-state index contributed by atoms with van der Waals surface area (Å²) in [7, 11) is 1.68. The van der Waals surface area contributed by atoms with Gasteiger partial charge in [0.25, 0.3) is 0 Å². The van der Waals surface area contributed by atoms with E-state index in [2.05, 4.69) is 0 Å². The standard InChI is InChI=1S/C9H15ClO3S/c10-14(11,12)7-2-1-4-9-5-3-6-13-8-9/h1-2,9H,3-8H2/b2-1-. The van der Waals surface area contributed by atoms with Crippen molar-refractivity contribution in [2.45, 2.75) is 19.3 Å². The highest BCUT2D eigenvalue weighted by molar-refractivity contribution is 8.13. The van der Waals surface area contributed by atoms with Crippen LogP contribution in [0, 0.1) is 5.92 Å². The van der Waals surface area contributed by atoms with Crippen LogP contribution in [0.3, 0.4) is 0 Å². The Morgan fingerprint density at radius 2 is 2.21 bits per heavy atom. The van der Waals surface area contributed by atoms with Crippen LogP contribution in [-0.4, -0.2) is 27.4 Å². The van der Waals surface area contributed by atoms with Crippen LogP contribution in [0.5, 0.6) is 0 Å². The Labute approximate surface area is 89.5 Å². The molecule has 14 heavy (non-hydrogen) atoms. The zero-order valence-corrected chi connectivity index (χ0v) is 9.56. The molecule has 0 radical (unpaired) electrons. The van der Waals surface area contributed by atoms with E-state index in [1.54, 1.807) is 6.08 Å². The summed E-state index contributed by atoms with van der Waals surface area (Å²) in [5.74, 6) is 0.459. The van der Waals surface area contributed by atoms with Crippen molar-refractivity contribution < 1.29 is 13.2 Å². The molecule has 1 unspecified atom stereocenters. The highest BCUT2D eigenvalue weighted by Crippen LogP contribution is 2.17. The molecular weight excluding hydrogens is 224 g/mol. The molecule has 5 heteroatoms. The normalized spacial score (nSPS) is 24.2. The fourth-order valence-electron chi connectivity index (χ4n) is 1.46. The number of rotatable bonds is 4. The van der Waals surface area contributed by atoms with E-state index < -0.39 is 9.05 Å². The number of halogens is 1. The van der Waals surface area contributed by atoms with Crippen LogP contribution in [0.2, 0.25) is 0 Å². The van der Waals surface area contributed by atoms with Gasteiger partial charge in [0.15, 0.2) is 0 Å². The monoisotopic (exact) mass is 238 g/mol. The molecule has 1 saturated heterocycles. The predicted molar refractivity (Wildman–Crippen MR) is 56.9 cm³/mol. The molecule has 3 nitrogen and oxygen atoms in total. The van der Waals surface area contributed by atoms with Crippen LogP contribution in [-0.2, 0) is 13.8 Å². The molecule has 1 rings (SSSR count). The minimum atomic E-state index is -3.37. The summed E-state index contributed by atoms with van der Waals surface area (Å²) >= 11 is 0. The molecule has 1 aliphatic rings.